The fourth-order valence-electron chi connectivity index (χ4n) is 5.04. The molecule has 6 rings (SSSR count). The topological polar surface area (TPSA) is 156 Å². The van der Waals surface area contributed by atoms with Gasteiger partial charge < -0.3 is 25.6 Å². The molecule has 1 aromatic carbocycles. The molecule has 2 fully saturated rings. The number of rotatable bonds is 11. The number of carbonyl (C=O) groups is 3. The molecule has 232 valence electrons. The minimum absolute atomic E-state index is 0.0180. The van der Waals surface area contributed by atoms with Crippen molar-refractivity contribution >= 4 is 34.9 Å². The van der Waals surface area contributed by atoms with Gasteiger partial charge in [-0.25, -0.2) is 0 Å². The smallest absolute Gasteiger partial charge is 0.273 e. The van der Waals surface area contributed by atoms with Gasteiger partial charge in [-0.15, -0.1) is 10.2 Å². The molecule has 3 aromatic heterocycles. The Kier molecular flexibility index (Phi) is 8.16. The molecule has 4 aromatic rings. The van der Waals surface area contributed by atoms with Crippen LogP contribution < -0.4 is 20.7 Å². The molecule has 3 amide bonds. The SMILES string of the molecule is CNC(=O)c1nnc(NC(=O)C2CC2)cc1Nc1cccc(-c2ccc(C(=O)N(C)Cc3cn(C4CC4)nc3C)nc2)c1OC. The molecular formula is C32H35N9O4. The van der Waals surface area contributed by atoms with E-state index in [1.54, 1.807) is 43.5 Å². The number of aromatic nitrogens is 5. The van der Waals surface area contributed by atoms with E-state index in [1.807, 2.05) is 36.0 Å². The van der Waals surface area contributed by atoms with Gasteiger partial charge in [0.15, 0.2) is 11.5 Å². The van der Waals surface area contributed by atoms with E-state index < -0.39 is 5.91 Å². The predicted molar refractivity (Wildman–Crippen MR) is 167 cm³/mol. The van der Waals surface area contributed by atoms with Crippen LogP contribution in [0, 0.1) is 12.8 Å². The third-order valence-corrected chi connectivity index (χ3v) is 7.91. The number of para-hydroxylation sites is 1. The Morgan fingerprint density at radius 1 is 1.07 bits per heavy atom. The number of aryl methyl sites for hydroxylation is 1. The van der Waals surface area contributed by atoms with E-state index in [2.05, 4.69) is 36.2 Å². The first-order valence-electron chi connectivity index (χ1n) is 14.9. The molecule has 2 saturated carbocycles. The number of amides is 3. The van der Waals surface area contributed by atoms with Crippen molar-refractivity contribution in [2.45, 2.75) is 45.2 Å². The zero-order valence-corrected chi connectivity index (χ0v) is 25.6. The second kappa shape index (κ2) is 12.3. The third-order valence-electron chi connectivity index (χ3n) is 7.91. The van der Waals surface area contributed by atoms with Crippen LogP contribution in [-0.2, 0) is 11.3 Å². The number of methoxy groups -OCH3 is 1. The summed E-state index contributed by atoms with van der Waals surface area (Å²) >= 11 is 0. The van der Waals surface area contributed by atoms with Crippen molar-refractivity contribution in [3.05, 3.63) is 71.4 Å². The summed E-state index contributed by atoms with van der Waals surface area (Å²) in [7, 11) is 4.80. The Morgan fingerprint density at radius 3 is 2.53 bits per heavy atom. The Balaban J connectivity index is 1.22. The Labute approximate surface area is 260 Å². The summed E-state index contributed by atoms with van der Waals surface area (Å²) in [6.45, 7) is 2.41. The third kappa shape index (κ3) is 6.47. The number of hydrogen-bond donors (Lipinski definition) is 3. The summed E-state index contributed by atoms with van der Waals surface area (Å²) < 4.78 is 7.80. The van der Waals surface area contributed by atoms with Gasteiger partial charge in [-0.05, 0) is 44.7 Å². The first kappa shape index (κ1) is 29.7. The molecule has 0 radical (unpaired) electrons. The van der Waals surface area contributed by atoms with Crippen LogP contribution in [0.4, 0.5) is 17.2 Å². The lowest BCUT2D eigenvalue weighted by molar-refractivity contribution is -0.117. The maximum absolute atomic E-state index is 13.2. The predicted octanol–water partition coefficient (Wildman–Crippen LogP) is 4.11. The summed E-state index contributed by atoms with van der Waals surface area (Å²) in [4.78, 5) is 44.2. The van der Waals surface area contributed by atoms with Gasteiger partial charge in [-0.1, -0.05) is 18.2 Å². The molecule has 0 bridgehead atoms. The standard InChI is InChI=1S/C32H35N9O4/c1-18-21(17-41(39-18)22-11-12-22)16-40(3)32(44)25-13-10-20(15-34-25)23-6-5-7-24(29(23)45-4)35-26-14-27(36-30(42)19-8-9-19)37-38-28(26)31(43)33-2/h5-7,10,13-15,17,19,22H,8-9,11-12,16H2,1-4H3,(H,33,43)(H2,35,36,37,42). The number of hydrogen-bond acceptors (Lipinski definition) is 9. The van der Waals surface area contributed by atoms with Gasteiger partial charge in [0.2, 0.25) is 5.91 Å². The lowest BCUT2D eigenvalue weighted by Crippen LogP contribution is -2.27. The fourth-order valence-corrected chi connectivity index (χ4v) is 5.04. The first-order chi connectivity index (χ1) is 21.7. The molecule has 0 spiro atoms. The Morgan fingerprint density at radius 2 is 1.87 bits per heavy atom. The maximum Gasteiger partial charge on any atom is 0.273 e. The van der Waals surface area contributed by atoms with Gasteiger partial charge in [0.25, 0.3) is 11.8 Å². The summed E-state index contributed by atoms with van der Waals surface area (Å²) in [5, 5.41) is 21.3. The number of carbonyl (C=O) groups excluding carboxylic acids is 3. The van der Waals surface area contributed by atoms with Crippen molar-refractivity contribution in [3.8, 4) is 16.9 Å². The Hall–Kier alpha value is -5.33. The molecule has 2 aliphatic rings. The molecule has 3 N–H and O–H groups in total. The number of ether oxygens (including phenoxy) is 1. The van der Waals surface area contributed by atoms with Crippen molar-refractivity contribution in [3.63, 3.8) is 0 Å². The highest BCUT2D eigenvalue weighted by Crippen LogP contribution is 2.39. The number of nitrogens with one attached hydrogen (secondary N) is 3. The highest BCUT2D eigenvalue weighted by atomic mass is 16.5. The van der Waals surface area contributed by atoms with Crippen LogP contribution in [0.1, 0.15) is 64.0 Å². The van der Waals surface area contributed by atoms with E-state index in [0.717, 1.165) is 48.1 Å². The molecule has 0 unspecified atom stereocenters. The molecule has 2 aliphatic carbocycles. The molecular weight excluding hydrogens is 574 g/mol. The van der Waals surface area contributed by atoms with Crippen LogP contribution in [0.25, 0.3) is 11.1 Å². The van der Waals surface area contributed by atoms with Gasteiger partial charge in [0, 0.05) is 61.7 Å². The molecule has 13 heteroatoms. The van der Waals surface area contributed by atoms with E-state index in [-0.39, 0.29) is 29.2 Å². The quantitative estimate of drug-likeness (QED) is 0.228. The van der Waals surface area contributed by atoms with Crippen LogP contribution in [-0.4, -0.2) is 68.8 Å². The molecule has 0 aliphatic heterocycles. The molecule has 0 atom stereocenters. The summed E-state index contributed by atoms with van der Waals surface area (Å²) in [5.41, 5.74) is 4.66. The largest absolute Gasteiger partial charge is 0.494 e. The monoisotopic (exact) mass is 609 g/mol. The first-order valence-corrected chi connectivity index (χ1v) is 14.9. The zero-order valence-electron chi connectivity index (χ0n) is 25.6. The van der Waals surface area contributed by atoms with Crippen LogP contribution in [0.2, 0.25) is 0 Å². The number of benzene rings is 1. The Bertz CT molecular complexity index is 1760. The van der Waals surface area contributed by atoms with Crippen molar-refractivity contribution in [2.24, 2.45) is 5.92 Å². The maximum atomic E-state index is 13.2. The lowest BCUT2D eigenvalue weighted by Gasteiger charge is -2.18. The van der Waals surface area contributed by atoms with Crippen LogP contribution in [0.3, 0.4) is 0 Å². The average Bonchev–Trinajstić information content (AvgIpc) is 3.98. The van der Waals surface area contributed by atoms with Crippen LogP contribution >= 0.6 is 0 Å². The highest BCUT2D eigenvalue weighted by molar-refractivity contribution is 6.00. The second-order valence-corrected chi connectivity index (χ2v) is 11.4. The fraction of sp³-hybridized carbons (Fsp3) is 0.344. The zero-order chi connectivity index (χ0) is 31.7. The van der Waals surface area contributed by atoms with Crippen LogP contribution in [0.15, 0.2) is 48.8 Å². The summed E-state index contributed by atoms with van der Waals surface area (Å²) in [6, 6.07) is 11.1. The second-order valence-electron chi connectivity index (χ2n) is 11.4. The van der Waals surface area contributed by atoms with E-state index in [0.29, 0.717) is 35.4 Å². The minimum atomic E-state index is -0.443. The van der Waals surface area contributed by atoms with E-state index in [4.69, 9.17) is 4.74 Å². The van der Waals surface area contributed by atoms with Gasteiger partial charge >= 0.3 is 0 Å². The average molecular weight is 610 g/mol. The molecule has 0 saturated heterocycles. The number of nitrogens with zero attached hydrogens (tertiary/aromatic N) is 6. The van der Waals surface area contributed by atoms with Crippen molar-refractivity contribution in [1.82, 2.24) is 35.2 Å². The summed E-state index contributed by atoms with van der Waals surface area (Å²) in [6.07, 6.45) is 7.65. The molecule has 45 heavy (non-hydrogen) atoms. The summed E-state index contributed by atoms with van der Waals surface area (Å²) in [5.74, 6) is -0.0561. The normalized spacial score (nSPS) is 14.0. The molecule has 13 nitrogen and oxygen atoms in total. The van der Waals surface area contributed by atoms with E-state index in [1.165, 1.54) is 7.05 Å². The van der Waals surface area contributed by atoms with Crippen molar-refractivity contribution < 1.29 is 19.1 Å². The molecule has 3 heterocycles. The van der Waals surface area contributed by atoms with Gasteiger partial charge in [-0.2, -0.15) is 5.10 Å². The lowest BCUT2D eigenvalue weighted by atomic mass is 10.0. The number of pyridine rings is 1. The van der Waals surface area contributed by atoms with Gasteiger partial charge in [0.05, 0.1) is 30.2 Å². The highest BCUT2D eigenvalue weighted by Gasteiger charge is 2.30. The number of anilines is 3. The van der Waals surface area contributed by atoms with Gasteiger partial charge in [0.1, 0.15) is 11.4 Å². The van der Waals surface area contributed by atoms with E-state index in [9.17, 15) is 14.4 Å². The van der Waals surface area contributed by atoms with Crippen molar-refractivity contribution in [1.29, 1.82) is 0 Å². The van der Waals surface area contributed by atoms with Crippen LogP contribution in [0.5, 0.6) is 5.75 Å². The van der Waals surface area contributed by atoms with Gasteiger partial charge in [-0.3, -0.25) is 24.0 Å². The van der Waals surface area contributed by atoms with E-state index >= 15 is 0 Å². The van der Waals surface area contributed by atoms with Crippen molar-refractivity contribution in [2.75, 3.05) is 31.8 Å². The minimum Gasteiger partial charge on any atom is -0.494 e.